The molecule has 1 amide bonds. The number of rotatable bonds is 3. The van der Waals surface area contributed by atoms with Gasteiger partial charge in [0.25, 0.3) is 0 Å². The van der Waals surface area contributed by atoms with Crippen molar-refractivity contribution in [2.45, 2.75) is 18.6 Å². The van der Waals surface area contributed by atoms with E-state index in [0.717, 1.165) is 12.1 Å². The van der Waals surface area contributed by atoms with Gasteiger partial charge < -0.3 is 26.3 Å². The smallest absolute Gasteiger partial charge is 0.416 e. The molecular formula is C18H17F3N4O3. The molecule has 0 radical (unpaired) electrons. The van der Waals surface area contributed by atoms with Gasteiger partial charge in [0.15, 0.2) is 5.84 Å². The summed E-state index contributed by atoms with van der Waals surface area (Å²) in [6.07, 6.45) is -5.39. The van der Waals surface area contributed by atoms with E-state index in [1.807, 2.05) is 0 Å². The molecule has 1 heterocycles. The molecule has 0 saturated carbocycles. The minimum atomic E-state index is -4.45. The maximum Gasteiger partial charge on any atom is 0.416 e. The highest BCUT2D eigenvalue weighted by Crippen LogP contribution is 2.37. The van der Waals surface area contributed by atoms with E-state index in [1.165, 1.54) is 12.1 Å². The van der Waals surface area contributed by atoms with Crippen molar-refractivity contribution in [3.05, 3.63) is 59.2 Å². The Labute approximate surface area is 157 Å². The van der Waals surface area contributed by atoms with Gasteiger partial charge in [-0.1, -0.05) is 17.3 Å². The van der Waals surface area contributed by atoms with Crippen LogP contribution in [0.1, 0.15) is 16.7 Å². The molecule has 28 heavy (non-hydrogen) atoms. The highest BCUT2D eigenvalue weighted by molar-refractivity contribution is 6.00. The number of oxime groups is 1. The van der Waals surface area contributed by atoms with Gasteiger partial charge in [0.1, 0.15) is 0 Å². The Morgan fingerprint density at radius 1 is 1.21 bits per heavy atom. The fourth-order valence-corrected chi connectivity index (χ4v) is 3.31. The molecule has 0 saturated heterocycles. The van der Waals surface area contributed by atoms with Crippen molar-refractivity contribution < 1.29 is 28.3 Å². The molecule has 0 bridgehead atoms. The van der Waals surface area contributed by atoms with Gasteiger partial charge in [-0.15, -0.1) is 0 Å². The zero-order chi connectivity index (χ0) is 20.5. The number of amidine groups is 1. The molecule has 0 fully saturated rings. The van der Waals surface area contributed by atoms with Gasteiger partial charge >= 0.3 is 12.3 Å². The SMILES string of the molecule is NC(=NO)c1cccc2c1CC(NC(=O)O)CN2c1ccc(C(F)(F)F)cc1. The second kappa shape index (κ2) is 7.29. The van der Waals surface area contributed by atoms with Crippen LogP contribution in [0, 0.1) is 0 Å². The molecule has 7 nitrogen and oxygen atoms in total. The Bertz CT molecular complexity index is 913. The van der Waals surface area contributed by atoms with Gasteiger partial charge in [-0.3, -0.25) is 0 Å². The first-order chi connectivity index (χ1) is 13.2. The Morgan fingerprint density at radius 2 is 1.89 bits per heavy atom. The topological polar surface area (TPSA) is 111 Å². The highest BCUT2D eigenvalue weighted by Gasteiger charge is 2.32. The van der Waals surface area contributed by atoms with Crippen LogP contribution < -0.4 is 16.0 Å². The van der Waals surface area contributed by atoms with Crippen LogP contribution in [-0.4, -0.2) is 34.8 Å². The molecule has 2 aromatic carbocycles. The van der Waals surface area contributed by atoms with E-state index >= 15 is 0 Å². The van der Waals surface area contributed by atoms with E-state index in [0.29, 0.717) is 22.5 Å². The third-order valence-corrected chi connectivity index (χ3v) is 4.51. The minimum absolute atomic E-state index is 0.139. The predicted molar refractivity (Wildman–Crippen MR) is 96.1 cm³/mol. The largest absolute Gasteiger partial charge is 0.465 e. The van der Waals surface area contributed by atoms with Crippen molar-refractivity contribution in [3.8, 4) is 0 Å². The van der Waals surface area contributed by atoms with Crippen LogP contribution in [0.3, 0.4) is 0 Å². The fraction of sp³-hybridized carbons (Fsp3) is 0.222. The number of nitrogens with one attached hydrogen (secondary N) is 1. The number of hydrogen-bond acceptors (Lipinski definition) is 4. The lowest BCUT2D eigenvalue weighted by atomic mass is 9.92. The van der Waals surface area contributed by atoms with E-state index in [4.69, 9.17) is 16.0 Å². The van der Waals surface area contributed by atoms with Crippen molar-refractivity contribution in [2.75, 3.05) is 11.4 Å². The van der Waals surface area contributed by atoms with Gasteiger partial charge in [0, 0.05) is 23.5 Å². The summed E-state index contributed by atoms with van der Waals surface area (Å²) in [5, 5.41) is 23.5. The first kappa shape index (κ1) is 19.3. The predicted octanol–water partition coefficient (Wildman–Crippen LogP) is 3.13. The summed E-state index contributed by atoms with van der Waals surface area (Å²) < 4.78 is 38.5. The zero-order valence-electron chi connectivity index (χ0n) is 14.4. The Hall–Kier alpha value is -3.43. The first-order valence-electron chi connectivity index (χ1n) is 8.24. The summed E-state index contributed by atoms with van der Waals surface area (Å²) in [6.45, 7) is 0.213. The number of carboxylic acid groups (broad SMARTS) is 1. The van der Waals surface area contributed by atoms with Crippen LogP contribution in [-0.2, 0) is 12.6 Å². The Balaban J connectivity index is 2.07. The number of anilines is 2. The summed E-state index contributed by atoms with van der Waals surface area (Å²) in [5.74, 6) is -0.139. The third-order valence-electron chi connectivity index (χ3n) is 4.51. The van der Waals surface area contributed by atoms with Crippen LogP contribution in [0.2, 0.25) is 0 Å². The van der Waals surface area contributed by atoms with E-state index < -0.39 is 23.9 Å². The summed E-state index contributed by atoms with van der Waals surface area (Å²) in [6, 6.07) is 9.10. The maximum absolute atomic E-state index is 12.8. The molecule has 1 atom stereocenters. The Morgan fingerprint density at radius 3 is 2.46 bits per heavy atom. The second-order valence-corrected chi connectivity index (χ2v) is 6.29. The lowest BCUT2D eigenvalue weighted by molar-refractivity contribution is -0.137. The average molecular weight is 394 g/mol. The van der Waals surface area contributed by atoms with E-state index in [2.05, 4.69) is 10.5 Å². The van der Waals surface area contributed by atoms with Gasteiger partial charge in [-0.25, -0.2) is 4.79 Å². The average Bonchev–Trinajstić information content (AvgIpc) is 2.65. The van der Waals surface area contributed by atoms with Crippen molar-refractivity contribution in [3.63, 3.8) is 0 Å². The number of carbonyl (C=O) groups is 1. The molecule has 1 aliphatic heterocycles. The minimum Gasteiger partial charge on any atom is -0.465 e. The molecule has 0 aliphatic carbocycles. The molecule has 148 valence electrons. The van der Waals surface area contributed by atoms with Gasteiger partial charge in [-0.2, -0.15) is 13.2 Å². The van der Waals surface area contributed by atoms with Gasteiger partial charge in [0.2, 0.25) is 0 Å². The molecule has 5 N–H and O–H groups in total. The lowest BCUT2D eigenvalue weighted by Gasteiger charge is -2.37. The normalized spacial score (nSPS) is 17.2. The first-order valence-corrected chi connectivity index (χ1v) is 8.24. The zero-order valence-corrected chi connectivity index (χ0v) is 14.4. The van der Waals surface area contributed by atoms with Gasteiger partial charge in [0.05, 0.1) is 11.6 Å². The quantitative estimate of drug-likeness (QED) is 0.277. The highest BCUT2D eigenvalue weighted by atomic mass is 19.4. The van der Waals surface area contributed by atoms with Crippen molar-refractivity contribution in [2.24, 2.45) is 10.9 Å². The summed E-state index contributed by atoms with van der Waals surface area (Å²) in [4.78, 5) is 12.8. The summed E-state index contributed by atoms with van der Waals surface area (Å²) >= 11 is 0. The Kier molecular flexibility index (Phi) is 5.04. The summed E-state index contributed by atoms with van der Waals surface area (Å²) in [5.41, 5.74) is 7.12. The lowest BCUT2D eigenvalue weighted by Crippen LogP contribution is -2.47. The van der Waals surface area contributed by atoms with Crippen LogP contribution in [0.25, 0.3) is 0 Å². The molecule has 2 aromatic rings. The second-order valence-electron chi connectivity index (χ2n) is 6.29. The number of hydrogen-bond donors (Lipinski definition) is 4. The number of alkyl halides is 3. The fourth-order valence-electron chi connectivity index (χ4n) is 3.31. The third kappa shape index (κ3) is 3.80. The number of fused-ring (bicyclic) bond motifs is 1. The molecule has 1 aliphatic rings. The van der Waals surface area contributed by atoms with Gasteiger partial charge in [-0.05, 0) is 42.3 Å². The molecule has 0 aromatic heterocycles. The molecule has 1 unspecified atom stereocenters. The number of benzene rings is 2. The van der Waals surface area contributed by atoms with Crippen LogP contribution in [0.15, 0.2) is 47.6 Å². The number of nitrogens with two attached hydrogens (primary N) is 1. The maximum atomic E-state index is 12.8. The van der Waals surface area contributed by atoms with Crippen molar-refractivity contribution in [1.82, 2.24) is 5.32 Å². The number of amides is 1. The van der Waals surface area contributed by atoms with Crippen LogP contribution in [0.4, 0.5) is 29.3 Å². The van der Waals surface area contributed by atoms with Crippen molar-refractivity contribution in [1.29, 1.82) is 0 Å². The molecule has 0 spiro atoms. The van der Waals surface area contributed by atoms with Crippen molar-refractivity contribution >= 4 is 23.3 Å². The van der Waals surface area contributed by atoms with E-state index in [9.17, 15) is 18.0 Å². The van der Waals surface area contributed by atoms with Crippen LogP contribution in [0.5, 0.6) is 0 Å². The van der Waals surface area contributed by atoms with E-state index in [1.54, 1.807) is 23.1 Å². The molecule has 10 heteroatoms. The number of halogens is 3. The summed E-state index contributed by atoms with van der Waals surface area (Å²) in [7, 11) is 0. The number of nitrogens with zero attached hydrogens (tertiary/aromatic N) is 2. The standard InChI is InChI=1S/C18H17F3N4O3/c19-18(20,21)10-4-6-12(7-5-10)25-9-11(23-17(26)27)8-14-13(16(22)24-28)2-1-3-15(14)25/h1-7,11,23,28H,8-9H2,(H2,22,24)(H,26,27). The molecule has 3 rings (SSSR count). The van der Waals surface area contributed by atoms with E-state index in [-0.39, 0.29) is 18.8 Å². The monoisotopic (exact) mass is 394 g/mol. The van der Waals surface area contributed by atoms with Crippen LogP contribution >= 0.6 is 0 Å². The molecular weight excluding hydrogens is 377 g/mol.